The minimum absolute atomic E-state index is 0. The van der Waals surface area contributed by atoms with Gasteiger partial charge in [0.05, 0.1) is 0 Å². The number of sulfone groups is 1. The van der Waals surface area contributed by atoms with Crippen molar-refractivity contribution in [3.63, 3.8) is 0 Å². The van der Waals surface area contributed by atoms with Crippen molar-refractivity contribution < 1.29 is 8.42 Å². The molecule has 0 aromatic carbocycles. The van der Waals surface area contributed by atoms with Gasteiger partial charge in [0.15, 0.2) is 9.84 Å². The van der Waals surface area contributed by atoms with Crippen LogP contribution in [-0.2, 0) is 9.84 Å². The van der Waals surface area contributed by atoms with Crippen molar-refractivity contribution in [2.24, 2.45) is 5.73 Å². The summed E-state index contributed by atoms with van der Waals surface area (Å²) in [5, 5.41) is 2.42. The first-order valence-electron chi connectivity index (χ1n) is 3.18. The van der Waals surface area contributed by atoms with E-state index in [1.165, 1.54) is 6.26 Å². The van der Waals surface area contributed by atoms with Gasteiger partial charge < -0.3 is 5.73 Å². The summed E-state index contributed by atoms with van der Waals surface area (Å²) in [6.07, 6.45) is 1.77. The molecule has 2 atom stereocenters. The molecule has 0 amide bonds. The van der Waals surface area contributed by atoms with Gasteiger partial charge in [0.1, 0.15) is 5.37 Å². The van der Waals surface area contributed by atoms with Gasteiger partial charge in [-0.2, -0.15) is 0 Å². The van der Waals surface area contributed by atoms with Crippen molar-refractivity contribution in [3.8, 4) is 0 Å². The zero-order chi connectivity index (χ0) is 7.78. The van der Waals surface area contributed by atoms with Crippen LogP contribution in [0.2, 0.25) is 0 Å². The molecule has 0 aromatic heterocycles. The molecule has 4 nitrogen and oxygen atoms in total. The van der Waals surface area contributed by atoms with E-state index in [4.69, 9.17) is 5.73 Å². The lowest BCUT2D eigenvalue weighted by molar-refractivity contribution is 0.577. The maximum atomic E-state index is 10.9. The Labute approximate surface area is 72.9 Å². The van der Waals surface area contributed by atoms with Crippen LogP contribution in [0.1, 0.15) is 6.42 Å². The monoisotopic (exact) mass is 200 g/mol. The molecule has 2 unspecified atom stereocenters. The number of nitrogens with two attached hydrogens (primary N) is 1. The highest BCUT2D eigenvalue weighted by Crippen LogP contribution is 2.09. The first kappa shape index (κ1) is 11.2. The van der Waals surface area contributed by atoms with Gasteiger partial charge in [0.25, 0.3) is 0 Å². The molecule has 0 spiro atoms. The molecule has 1 rings (SSSR count). The van der Waals surface area contributed by atoms with E-state index < -0.39 is 15.2 Å². The summed E-state index contributed by atoms with van der Waals surface area (Å²) in [6, 6.07) is -0.000255. The zero-order valence-corrected chi connectivity index (χ0v) is 7.91. The van der Waals surface area contributed by atoms with Crippen molar-refractivity contribution in [2.75, 3.05) is 12.8 Å². The van der Waals surface area contributed by atoms with E-state index in [1.54, 1.807) is 0 Å². The topological polar surface area (TPSA) is 72.2 Å². The lowest BCUT2D eigenvalue weighted by Gasteiger charge is -2.05. The molecule has 1 heterocycles. The second kappa shape index (κ2) is 3.71. The van der Waals surface area contributed by atoms with Gasteiger partial charge >= 0.3 is 0 Å². The van der Waals surface area contributed by atoms with E-state index in [9.17, 15) is 8.42 Å². The third-order valence-corrected chi connectivity index (χ3v) is 3.03. The highest BCUT2D eigenvalue weighted by atomic mass is 35.5. The predicted molar refractivity (Wildman–Crippen MR) is 46.5 cm³/mol. The van der Waals surface area contributed by atoms with Crippen molar-refractivity contribution in [1.82, 2.24) is 5.32 Å². The summed E-state index contributed by atoms with van der Waals surface area (Å²) in [7, 11) is -2.93. The van der Waals surface area contributed by atoms with Crippen molar-refractivity contribution in [3.05, 3.63) is 0 Å². The van der Waals surface area contributed by atoms with Gasteiger partial charge in [-0.15, -0.1) is 12.4 Å². The van der Waals surface area contributed by atoms with Crippen LogP contribution in [0.15, 0.2) is 0 Å². The SMILES string of the molecule is CS(=O)(=O)C1CC(N)CN1.Cl. The molecule has 1 saturated heterocycles. The number of halogens is 1. The van der Waals surface area contributed by atoms with Crippen LogP contribution in [0.4, 0.5) is 0 Å². The van der Waals surface area contributed by atoms with Crippen molar-refractivity contribution in [1.29, 1.82) is 0 Å². The summed E-state index contributed by atoms with van der Waals surface area (Å²) in [4.78, 5) is 0. The molecule has 0 aromatic rings. The quantitative estimate of drug-likeness (QED) is 0.576. The van der Waals surface area contributed by atoms with E-state index in [0.717, 1.165) is 0 Å². The van der Waals surface area contributed by atoms with Gasteiger partial charge in [-0.3, -0.25) is 5.32 Å². The molecule has 0 aliphatic carbocycles. The maximum absolute atomic E-state index is 10.9. The van der Waals surface area contributed by atoms with E-state index >= 15 is 0 Å². The summed E-state index contributed by atoms with van der Waals surface area (Å²) in [5.74, 6) is 0. The minimum Gasteiger partial charge on any atom is -0.326 e. The summed E-state index contributed by atoms with van der Waals surface area (Å²) >= 11 is 0. The second-order valence-electron chi connectivity index (χ2n) is 2.72. The van der Waals surface area contributed by atoms with Crippen LogP contribution < -0.4 is 11.1 Å². The highest BCUT2D eigenvalue weighted by molar-refractivity contribution is 7.91. The second-order valence-corrected chi connectivity index (χ2v) is 4.95. The molecular weight excluding hydrogens is 188 g/mol. The number of rotatable bonds is 1. The molecule has 0 radical (unpaired) electrons. The van der Waals surface area contributed by atoms with Crippen LogP contribution >= 0.6 is 12.4 Å². The third-order valence-electron chi connectivity index (χ3n) is 1.64. The van der Waals surface area contributed by atoms with Gasteiger partial charge in [0.2, 0.25) is 0 Å². The molecule has 0 saturated carbocycles. The lowest BCUT2D eigenvalue weighted by Crippen LogP contribution is -2.29. The summed E-state index contributed by atoms with van der Waals surface area (Å²) in [5.41, 5.74) is 5.49. The molecular formula is C5H13ClN2O2S. The van der Waals surface area contributed by atoms with Crippen LogP contribution in [-0.4, -0.2) is 32.6 Å². The van der Waals surface area contributed by atoms with E-state index in [0.29, 0.717) is 13.0 Å². The van der Waals surface area contributed by atoms with E-state index in [2.05, 4.69) is 5.32 Å². The van der Waals surface area contributed by atoms with Crippen LogP contribution in [0, 0.1) is 0 Å². The van der Waals surface area contributed by atoms with E-state index in [1.807, 2.05) is 0 Å². The summed E-state index contributed by atoms with van der Waals surface area (Å²) < 4.78 is 21.7. The fourth-order valence-corrected chi connectivity index (χ4v) is 2.05. The number of hydrogen-bond acceptors (Lipinski definition) is 4. The average molecular weight is 201 g/mol. The molecule has 0 bridgehead atoms. The number of hydrogen-bond donors (Lipinski definition) is 2. The molecule has 3 N–H and O–H groups in total. The molecule has 1 fully saturated rings. The largest absolute Gasteiger partial charge is 0.326 e. The Balaban J connectivity index is 0.000001000. The fraction of sp³-hybridized carbons (Fsp3) is 1.00. The molecule has 11 heavy (non-hydrogen) atoms. The van der Waals surface area contributed by atoms with E-state index in [-0.39, 0.29) is 18.4 Å². The highest BCUT2D eigenvalue weighted by Gasteiger charge is 2.28. The Morgan fingerprint density at radius 1 is 1.55 bits per heavy atom. The Hall–Kier alpha value is 0.160. The lowest BCUT2D eigenvalue weighted by atomic mass is 10.3. The average Bonchev–Trinajstić information content (AvgIpc) is 2.11. The molecule has 68 valence electrons. The van der Waals surface area contributed by atoms with Gasteiger partial charge in [0, 0.05) is 18.8 Å². The molecule has 1 aliphatic rings. The maximum Gasteiger partial charge on any atom is 0.163 e. The van der Waals surface area contributed by atoms with Crippen LogP contribution in [0.25, 0.3) is 0 Å². The van der Waals surface area contributed by atoms with Crippen molar-refractivity contribution in [2.45, 2.75) is 17.8 Å². The molecule has 1 aliphatic heterocycles. The Bertz CT molecular complexity index is 217. The smallest absolute Gasteiger partial charge is 0.163 e. The zero-order valence-electron chi connectivity index (χ0n) is 6.28. The first-order valence-corrected chi connectivity index (χ1v) is 5.13. The standard InChI is InChI=1S/C5H12N2O2S.ClH/c1-10(8,9)5-2-4(6)3-7-5;/h4-5,7H,2-3,6H2,1H3;1H. The fourth-order valence-electron chi connectivity index (χ4n) is 1.05. The third kappa shape index (κ3) is 2.94. The Kier molecular flexibility index (Phi) is 3.76. The summed E-state index contributed by atoms with van der Waals surface area (Å²) in [6.45, 7) is 0.609. The first-order chi connectivity index (χ1) is 4.50. The van der Waals surface area contributed by atoms with Crippen LogP contribution in [0.3, 0.4) is 0 Å². The van der Waals surface area contributed by atoms with Gasteiger partial charge in [-0.05, 0) is 6.42 Å². The Morgan fingerprint density at radius 2 is 2.09 bits per heavy atom. The number of nitrogens with one attached hydrogen (secondary N) is 1. The Morgan fingerprint density at radius 3 is 2.27 bits per heavy atom. The van der Waals surface area contributed by atoms with Crippen LogP contribution in [0.5, 0.6) is 0 Å². The van der Waals surface area contributed by atoms with Crippen molar-refractivity contribution >= 4 is 22.2 Å². The minimum atomic E-state index is -2.93. The van der Waals surface area contributed by atoms with Gasteiger partial charge in [-0.25, -0.2) is 8.42 Å². The molecule has 6 heteroatoms. The van der Waals surface area contributed by atoms with Gasteiger partial charge in [-0.1, -0.05) is 0 Å². The normalized spacial score (nSPS) is 31.5. The predicted octanol–water partition coefficient (Wildman–Crippen LogP) is -0.900.